The Balaban J connectivity index is 1.48. The van der Waals surface area contributed by atoms with Crippen molar-refractivity contribution in [2.45, 2.75) is 44.8 Å². The monoisotopic (exact) mass is 538 g/mol. The van der Waals surface area contributed by atoms with E-state index in [2.05, 4.69) is 30.1 Å². The molecule has 1 aliphatic carbocycles. The molecule has 0 radical (unpaired) electrons. The van der Waals surface area contributed by atoms with Crippen LogP contribution < -0.4 is 10.1 Å². The number of aromatic nitrogens is 5. The van der Waals surface area contributed by atoms with E-state index in [1.54, 1.807) is 6.92 Å². The summed E-state index contributed by atoms with van der Waals surface area (Å²) in [5, 5.41) is 7.60. The largest absolute Gasteiger partial charge is 0.415 e. The lowest BCUT2D eigenvalue weighted by atomic mass is 9.85. The normalized spacial score (nSPS) is 23.5. The minimum atomic E-state index is -3.07. The Labute approximate surface area is 211 Å². The summed E-state index contributed by atoms with van der Waals surface area (Å²) in [6.07, 6.45) is 5.14. The van der Waals surface area contributed by atoms with Crippen molar-refractivity contribution >= 4 is 16.5 Å². The Kier molecular flexibility index (Phi) is 6.58. The SMILES string of the molecule is CC1(NC(=O)C2CCc3c(-c4cncc(OC(F)F)n4)nn(-c4ccc(F)cn4)c3C2)CCS(O)(O)C1. The minimum absolute atomic E-state index is 0.112. The topological polar surface area (TPSA) is 135 Å². The highest BCUT2D eigenvalue weighted by molar-refractivity contribution is 8.24. The molecular formula is C23H25F3N6O4S. The molecule has 198 valence electrons. The molecule has 1 amide bonds. The minimum Gasteiger partial charge on any atom is -0.415 e. The van der Waals surface area contributed by atoms with Crippen LogP contribution in [0.1, 0.15) is 31.0 Å². The molecule has 1 saturated heterocycles. The van der Waals surface area contributed by atoms with Gasteiger partial charge in [-0.3, -0.25) is 18.9 Å². The first-order valence-corrected chi connectivity index (χ1v) is 13.5. The van der Waals surface area contributed by atoms with Crippen LogP contribution in [0.4, 0.5) is 13.2 Å². The zero-order valence-electron chi connectivity index (χ0n) is 19.8. The van der Waals surface area contributed by atoms with Crippen molar-refractivity contribution in [3.63, 3.8) is 0 Å². The van der Waals surface area contributed by atoms with E-state index < -0.39 is 34.5 Å². The first kappa shape index (κ1) is 25.4. The van der Waals surface area contributed by atoms with Crippen LogP contribution >= 0.6 is 10.6 Å². The van der Waals surface area contributed by atoms with E-state index in [4.69, 9.17) is 0 Å². The average Bonchev–Trinajstić information content (AvgIpc) is 3.35. The van der Waals surface area contributed by atoms with Gasteiger partial charge in [-0.05, 0) is 38.3 Å². The summed E-state index contributed by atoms with van der Waals surface area (Å²) in [6.45, 7) is -1.26. The number of hydrogen-bond acceptors (Lipinski definition) is 8. The summed E-state index contributed by atoms with van der Waals surface area (Å²) in [6, 6.07) is 2.68. The molecule has 2 atom stereocenters. The molecular weight excluding hydrogens is 513 g/mol. The number of pyridine rings is 1. The highest BCUT2D eigenvalue weighted by Crippen LogP contribution is 2.50. The van der Waals surface area contributed by atoms with Crippen molar-refractivity contribution in [3.05, 3.63) is 47.8 Å². The van der Waals surface area contributed by atoms with Crippen molar-refractivity contribution in [2.75, 3.05) is 11.5 Å². The van der Waals surface area contributed by atoms with E-state index >= 15 is 0 Å². The number of amides is 1. The predicted octanol–water partition coefficient (Wildman–Crippen LogP) is 3.60. The molecule has 2 aliphatic rings. The molecule has 0 bridgehead atoms. The molecule has 0 aromatic carbocycles. The van der Waals surface area contributed by atoms with Gasteiger partial charge in [0.25, 0.3) is 0 Å². The number of alkyl halides is 2. The molecule has 5 rings (SSSR count). The molecule has 2 unspecified atom stereocenters. The van der Waals surface area contributed by atoms with Crippen LogP contribution in [0.5, 0.6) is 5.88 Å². The lowest BCUT2D eigenvalue weighted by molar-refractivity contribution is -0.126. The molecule has 0 spiro atoms. The lowest BCUT2D eigenvalue weighted by Gasteiger charge is -2.32. The first-order chi connectivity index (χ1) is 17.5. The molecule has 0 saturated carbocycles. The van der Waals surface area contributed by atoms with E-state index in [0.717, 1.165) is 18.0 Å². The van der Waals surface area contributed by atoms with Crippen LogP contribution in [-0.2, 0) is 17.6 Å². The second-order valence-corrected chi connectivity index (χ2v) is 11.8. The van der Waals surface area contributed by atoms with Crippen molar-refractivity contribution in [3.8, 4) is 23.1 Å². The van der Waals surface area contributed by atoms with Gasteiger partial charge in [0.1, 0.15) is 17.2 Å². The number of fused-ring (bicyclic) bond motifs is 1. The number of halogens is 3. The third-order valence-electron chi connectivity index (χ3n) is 6.59. The fourth-order valence-electron chi connectivity index (χ4n) is 4.88. The summed E-state index contributed by atoms with van der Waals surface area (Å²) in [5.41, 5.74) is 1.29. The second-order valence-electron chi connectivity index (χ2n) is 9.53. The van der Waals surface area contributed by atoms with Crippen LogP contribution in [0.15, 0.2) is 30.7 Å². The van der Waals surface area contributed by atoms with Crippen molar-refractivity contribution in [1.29, 1.82) is 0 Å². The summed E-state index contributed by atoms with van der Waals surface area (Å²) < 4.78 is 64.9. The number of rotatable bonds is 6. The Morgan fingerprint density at radius 2 is 2.11 bits per heavy atom. The van der Waals surface area contributed by atoms with E-state index in [-0.39, 0.29) is 35.4 Å². The van der Waals surface area contributed by atoms with E-state index in [9.17, 15) is 27.1 Å². The van der Waals surface area contributed by atoms with Gasteiger partial charge in [-0.15, -0.1) is 0 Å². The van der Waals surface area contributed by atoms with Crippen LogP contribution in [0.3, 0.4) is 0 Å². The Morgan fingerprint density at radius 1 is 1.30 bits per heavy atom. The standard InChI is InChI=1S/C23H25F3N6O4S/c1-23(6-7-37(34,35)12-23)30-21(33)13-2-4-15-17(8-13)32(18-5-3-14(24)9-28-18)31-20(15)16-10-27-11-19(29-16)36-22(25)26/h3,5,9-11,13,22,34-35H,2,4,6-8,12H2,1H3,(H,30,33). The van der Waals surface area contributed by atoms with Crippen molar-refractivity contribution in [2.24, 2.45) is 5.92 Å². The predicted molar refractivity (Wildman–Crippen MR) is 128 cm³/mol. The zero-order valence-corrected chi connectivity index (χ0v) is 20.6. The van der Waals surface area contributed by atoms with Gasteiger partial charge >= 0.3 is 6.61 Å². The average molecular weight is 539 g/mol. The summed E-state index contributed by atoms with van der Waals surface area (Å²) in [7, 11) is -2.70. The number of carbonyl (C=O) groups excluding carboxylic acids is 1. The molecule has 3 aromatic heterocycles. The van der Waals surface area contributed by atoms with Crippen molar-refractivity contribution in [1.82, 2.24) is 30.0 Å². The third kappa shape index (κ3) is 5.40. The second kappa shape index (κ2) is 9.58. The third-order valence-corrected chi connectivity index (χ3v) is 8.55. The van der Waals surface area contributed by atoms with Crippen LogP contribution in [0, 0.1) is 11.7 Å². The maximum atomic E-state index is 13.5. The summed E-state index contributed by atoms with van der Waals surface area (Å²) >= 11 is 0. The zero-order chi connectivity index (χ0) is 26.4. The van der Waals surface area contributed by atoms with Crippen LogP contribution in [0.25, 0.3) is 17.2 Å². The fourth-order valence-corrected chi connectivity index (χ4v) is 7.03. The molecule has 4 heterocycles. The first-order valence-electron chi connectivity index (χ1n) is 11.6. The number of nitrogens with zero attached hydrogens (tertiary/aromatic N) is 5. The van der Waals surface area contributed by atoms with Crippen LogP contribution in [-0.4, -0.2) is 63.4 Å². The van der Waals surface area contributed by atoms with Crippen molar-refractivity contribution < 1.29 is 31.8 Å². The maximum Gasteiger partial charge on any atom is 0.388 e. The molecule has 1 fully saturated rings. The lowest BCUT2D eigenvalue weighted by Crippen LogP contribution is -2.49. The Hall–Kier alpha value is -3.23. The Bertz CT molecular complexity index is 1320. The number of carbonyl (C=O) groups is 1. The quantitative estimate of drug-likeness (QED) is 0.433. The summed E-state index contributed by atoms with van der Waals surface area (Å²) in [4.78, 5) is 25.4. The van der Waals surface area contributed by atoms with E-state index in [0.29, 0.717) is 36.5 Å². The highest BCUT2D eigenvalue weighted by Gasteiger charge is 2.41. The van der Waals surface area contributed by atoms with Gasteiger partial charge in [0.2, 0.25) is 11.8 Å². The fraction of sp³-hybridized carbons (Fsp3) is 0.435. The number of nitrogens with one attached hydrogen (secondary N) is 1. The molecule has 3 aromatic rings. The molecule has 1 aliphatic heterocycles. The maximum absolute atomic E-state index is 13.5. The molecule has 37 heavy (non-hydrogen) atoms. The highest BCUT2D eigenvalue weighted by atomic mass is 32.3. The van der Waals surface area contributed by atoms with Gasteiger partial charge in [0.15, 0.2) is 5.82 Å². The van der Waals surface area contributed by atoms with Gasteiger partial charge in [0.05, 0.1) is 35.6 Å². The summed E-state index contributed by atoms with van der Waals surface area (Å²) in [5.74, 6) is -0.856. The molecule has 3 N–H and O–H groups in total. The van der Waals surface area contributed by atoms with Gasteiger partial charge in [0, 0.05) is 23.7 Å². The smallest absolute Gasteiger partial charge is 0.388 e. The molecule has 14 heteroatoms. The number of hydrogen-bond donors (Lipinski definition) is 3. The van der Waals surface area contributed by atoms with Gasteiger partial charge in [-0.2, -0.15) is 24.5 Å². The van der Waals surface area contributed by atoms with Crippen LogP contribution in [0.2, 0.25) is 0 Å². The van der Waals surface area contributed by atoms with E-state index in [1.807, 2.05) is 0 Å². The van der Waals surface area contributed by atoms with Gasteiger partial charge in [-0.25, -0.2) is 19.0 Å². The number of ether oxygens (including phenoxy) is 1. The van der Waals surface area contributed by atoms with Gasteiger partial charge in [-0.1, -0.05) is 0 Å². The van der Waals surface area contributed by atoms with Gasteiger partial charge < -0.3 is 10.1 Å². The van der Waals surface area contributed by atoms with E-state index in [1.165, 1.54) is 23.0 Å². The molecule has 10 nitrogen and oxygen atoms in total. The Morgan fingerprint density at radius 3 is 2.78 bits per heavy atom.